The average molecular weight is 404 g/mol. The third-order valence-corrected chi connectivity index (χ3v) is 5.63. The highest BCUT2D eigenvalue weighted by molar-refractivity contribution is 7.98. The first-order valence-electron chi connectivity index (χ1n) is 9.59. The van der Waals surface area contributed by atoms with E-state index in [4.69, 9.17) is 4.74 Å². The zero-order valence-electron chi connectivity index (χ0n) is 16.1. The van der Waals surface area contributed by atoms with Crippen molar-refractivity contribution in [2.75, 3.05) is 19.4 Å². The monoisotopic (exact) mass is 403 g/mol. The van der Waals surface area contributed by atoms with Gasteiger partial charge >= 0.3 is 0 Å². The van der Waals surface area contributed by atoms with E-state index in [9.17, 15) is 10.1 Å². The standard InChI is InChI=1S/C23H21N3O2S/c1-29-23-19(14-24)18(13-20(26-23)16-9-10-16)22(27)25-11-12-28-21-8-4-6-15-5-2-3-7-17(15)21/h2-8,13,16H,9-12H2,1H3,(H,25,27). The molecule has 0 aliphatic heterocycles. The zero-order valence-corrected chi connectivity index (χ0v) is 17.0. The lowest BCUT2D eigenvalue weighted by molar-refractivity contribution is 0.0946. The number of carbonyl (C=O) groups is 1. The summed E-state index contributed by atoms with van der Waals surface area (Å²) in [4.78, 5) is 17.3. The number of hydrogen-bond acceptors (Lipinski definition) is 5. The lowest BCUT2D eigenvalue weighted by atomic mass is 10.1. The predicted octanol–water partition coefficient (Wildman–Crippen LogP) is 4.51. The number of nitriles is 1. The van der Waals surface area contributed by atoms with Gasteiger partial charge in [-0.2, -0.15) is 5.26 Å². The molecular formula is C23H21N3O2S. The Morgan fingerprint density at radius 3 is 2.83 bits per heavy atom. The molecule has 6 heteroatoms. The SMILES string of the molecule is CSc1nc(C2CC2)cc(C(=O)NCCOc2cccc3ccccc23)c1C#N. The summed E-state index contributed by atoms with van der Waals surface area (Å²) >= 11 is 1.40. The molecule has 2 aromatic carbocycles. The van der Waals surface area contributed by atoms with Gasteiger partial charge in [-0.1, -0.05) is 36.4 Å². The molecule has 0 saturated heterocycles. The quantitative estimate of drug-likeness (QED) is 0.464. The molecule has 0 unspecified atom stereocenters. The van der Waals surface area contributed by atoms with Crippen molar-refractivity contribution in [3.63, 3.8) is 0 Å². The lowest BCUT2D eigenvalue weighted by Gasteiger charge is -2.12. The van der Waals surface area contributed by atoms with Crippen LogP contribution in [0.2, 0.25) is 0 Å². The number of ether oxygens (including phenoxy) is 1. The van der Waals surface area contributed by atoms with Gasteiger partial charge in [-0.25, -0.2) is 4.98 Å². The van der Waals surface area contributed by atoms with Crippen molar-refractivity contribution < 1.29 is 9.53 Å². The maximum absolute atomic E-state index is 12.8. The fourth-order valence-corrected chi connectivity index (χ4v) is 3.86. The van der Waals surface area contributed by atoms with E-state index >= 15 is 0 Å². The van der Waals surface area contributed by atoms with E-state index in [2.05, 4.69) is 16.4 Å². The first kappa shape index (κ1) is 19.3. The summed E-state index contributed by atoms with van der Waals surface area (Å²) in [6.07, 6.45) is 4.05. The van der Waals surface area contributed by atoms with Crippen molar-refractivity contribution >= 4 is 28.4 Å². The Labute approximate surface area is 174 Å². The number of nitrogens with zero attached hydrogens (tertiary/aromatic N) is 2. The molecule has 1 aliphatic rings. The van der Waals surface area contributed by atoms with Gasteiger partial charge in [0.2, 0.25) is 0 Å². The predicted molar refractivity (Wildman–Crippen MR) is 114 cm³/mol. The van der Waals surface area contributed by atoms with Crippen LogP contribution in [0.25, 0.3) is 10.8 Å². The van der Waals surface area contributed by atoms with E-state index in [1.54, 1.807) is 6.07 Å². The molecule has 1 amide bonds. The molecule has 146 valence electrons. The van der Waals surface area contributed by atoms with Gasteiger partial charge in [0.15, 0.2) is 0 Å². The largest absolute Gasteiger partial charge is 0.491 e. The molecule has 0 radical (unpaired) electrons. The molecule has 1 saturated carbocycles. The summed E-state index contributed by atoms with van der Waals surface area (Å²) in [6.45, 7) is 0.695. The third kappa shape index (κ3) is 4.20. The second-order valence-corrected chi connectivity index (χ2v) is 7.74. The van der Waals surface area contributed by atoms with Crippen LogP contribution in [0.15, 0.2) is 53.6 Å². The molecule has 1 fully saturated rings. The highest BCUT2D eigenvalue weighted by Gasteiger charge is 2.28. The molecule has 0 bridgehead atoms. The molecule has 29 heavy (non-hydrogen) atoms. The Kier molecular flexibility index (Phi) is 5.68. The summed E-state index contributed by atoms with van der Waals surface area (Å²) in [5.74, 6) is 0.942. The van der Waals surface area contributed by atoms with Crippen LogP contribution in [0.5, 0.6) is 5.75 Å². The van der Waals surface area contributed by atoms with Gasteiger partial charge in [0, 0.05) is 17.0 Å². The van der Waals surface area contributed by atoms with Crippen molar-refractivity contribution in [3.05, 3.63) is 65.4 Å². The van der Waals surface area contributed by atoms with Gasteiger partial charge in [0.25, 0.3) is 5.91 Å². The number of fused-ring (bicyclic) bond motifs is 1. The average Bonchev–Trinajstić information content (AvgIpc) is 3.61. The number of amides is 1. The Bertz CT molecular complexity index is 1100. The topological polar surface area (TPSA) is 75.0 Å². The summed E-state index contributed by atoms with van der Waals surface area (Å²) in [5, 5.41) is 15.2. The van der Waals surface area contributed by atoms with Crippen LogP contribution in [-0.4, -0.2) is 30.3 Å². The summed E-state index contributed by atoms with van der Waals surface area (Å²) in [6, 6.07) is 17.9. The van der Waals surface area contributed by atoms with Crippen molar-refractivity contribution in [2.45, 2.75) is 23.8 Å². The van der Waals surface area contributed by atoms with Crippen molar-refractivity contribution in [1.29, 1.82) is 5.26 Å². The molecule has 3 aromatic rings. The molecule has 0 spiro atoms. The number of thioether (sulfide) groups is 1. The molecule has 1 heterocycles. The van der Waals surface area contributed by atoms with Crippen LogP contribution >= 0.6 is 11.8 Å². The van der Waals surface area contributed by atoms with Crippen molar-refractivity contribution in [2.24, 2.45) is 0 Å². The van der Waals surface area contributed by atoms with Crippen molar-refractivity contribution in [3.8, 4) is 11.8 Å². The summed E-state index contributed by atoms with van der Waals surface area (Å²) in [7, 11) is 0. The second kappa shape index (κ2) is 8.54. The van der Waals surface area contributed by atoms with Crippen LogP contribution in [0.4, 0.5) is 0 Å². The van der Waals surface area contributed by atoms with E-state index in [0.717, 1.165) is 35.1 Å². The van der Waals surface area contributed by atoms with E-state index in [-0.39, 0.29) is 5.91 Å². The minimum Gasteiger partial charge on any atom is -0.491 e. The minimum absolute atomic E-state index is 0.261. The van der Waals surface area contributed by atoms with E-state index in [1.165, 1.54) is 11.8 Å². The van der Waals surface area contributed by atoms with Crippen LogP contribution in [0, 0.1) is 11.3 Å². The fourth-order valence-electron chi connectivity index (χ4n) is 3.31. The minimum atomic E-state index is -0.261. The van der Waals surface area contributed by atoms with Crippen LogP contribution < -0.4 is 10.1 Å². The summed E-state index contributed by atoms with van der Waals surface area (Å²) < 4.78 is 5.88. The number of benzene rings is 2. The van der Waals surface area contributed by atoms with Gasteiger partial charge < -0.3 is 10.1 Å². The van der Waals surface area contributed by atoms with E-state index < -0.39 is 0 Å². The van der Waals surface area contributed by atoms with E-state index in [0.29, 0.717) is 35.2 Å². The maximum atomic E-state index is 12.8. The third-order valence-electron chi connectivity index (χ3n) is 4.95. The van der Waals surface area contributed by atoms with Crippen LogP contribution in [-0.2, 0) is 0 Å². The lowest BCUT2D eigenvalue weighted by Crippen LogP contribution is -2.29. The number of aromatic nitrogens is 1. The smallest absolute Gasteiger partial charge is 0.252 e. The number of pyridine rings is 1. The van der Waals surface area contributed by atoms with Gasteiger partial charge in [-0.3, -0.25) is 4.79 Å². The Hall–Kier alpha value is -3.04. The summed E-state index contributed by atoms with van der Waals surface area (Å²) in [5.41, 5.74) is 1.65. The molecular weight excluding hydrogens is 382 g/mol. The second-order valence-electron chi connectivity index (χ2n) is 6.95. The highest BCUT2D eigenvalue weighted by Crippen LogP contribution is 2.40. The molecule has 4 rings (SSSR count). The molecule has 0 atom stereocenters. The Morgan fingerprint density at radius 2 is 2.07 bits per heavy atom. The molecule has 1 aliphatic carbocycles. The number of carbonyl (C=O) groups excluding carboxylic acids is 1. The Balaban J connectivity index is 1.43. The van der Waals surface area contributed by atoms with Crippen LogP contribution in [0.1, 0.15) is 40.4 Å². The number of rotatable bonds is 7. The fraction of sp³-hybridized carbons (Fsp3) is 0.261. The van der Waals surface area contributed by atoms with Crippen molar-refractivity contribution in [1.82, 2.24) is 10.3 Å². The zero-order chi connectivity index (χ0) is 20.2. The van der Waals surface area contributed by atoms with Gasteiger partial charge in [-0.05, 0) is 36.6 Å². The Morgan fingerprint density at radius 1 is 1.28 bits per heavy atom. The van der Waals surface area contributed by atoms with E-state index in [1.807, 2.05) is 48.7 Å². The molecule has 1 N–H and O–H groups in total. The van der Waals surface area contributed by atoms with Crippen LogP contribution in [0.3, 0.4) is 0 Å². The maximum Gasteiger partial charge on any atom is 0.252 e. The van der Waals surface area contributed by atoms with Gasteiger partial charge in [-0.15, -0.1) is 11.8 Å². The first-order valence-corrected chi connectivity index (χ1v) is 10.8. The number of hydrogen-bond donors (Lipinski definition) is 1. The molecule has 5 nitrogen and oxygen atoms in total. The van der Waals surface area contributed by atoms with Gasteiger partial charge in [0.1, 0.15) is 23.5 Å². The highest BCUT2D eigenvalue weighted by atomic mass is 32.2. The first-order chi connectivity index (χ1) is 14.2. The molecule has 1 aromatic heterocycles. The number of nitrogens with one attached hydrogen (secondary N) is 1. The normalized spacial score (nSPS) is 13.1. The van der Waals surface area contributed by atoms with Gasteiger partial charge in [0.05, 0.1) is 17.7 Å².